The van der Waals surface area contributed by atoms with Crippen LogP contribution >= 0.6 is 11.6 Å². The zero-order valence-corrected chi connectivity index (χ0v) is 13.5. The van der Waals surface area contributed by atoms with E-state index in [1.165, 1.54) is 0 Å². The van der Waals surface area contributed by atoms with E-state index in [1.54, 1.807) is 26.8 Å². The van der Waals surface area contributed by atoms with Gasteiger partial charge in [0.05, 0.1) is 16.3 Å². The van der Waals surface area contributed by atoms with Gasteiger partial charge in [0.2, 0.25) is 0 Å². The Hall–Kier alpha value is -1.26. The van der Waals surface area contributed by atoms with Crippen molar-refractivity contribution in [3.63, 3.8) is 0 Å². The van der Waals surface area contributed by atoms with Crippen LogP contribution in [0.2, 0.25) is 5.02 Å². The molecule has 1 aromatic rings. The molecule has 0 unspecified atom stereocenters. The van der Waals surface area contributed by atoms with Crippen LogP contribution in [-0.2, 0) is 11.2 Å². The fourth-order valence-electron chi connectivity index (χ4n) is 2.00. The van der Waals surface area contributed by atoms with Gasteiger partial charge in [-0.3, -0.25) is 5.32 Å². The molecular formula is C16H22ClNO3. The van der Waals surface area contributed by atoms with Gasteiger partial charge >= 0.3 is 6.09 Å². The van der Waals surface area contributed by atoms with E-state index in [0.29, 0.717) is 10.7 Å². The zero-order chi connectivity index (χ0) is 15.7. The molecule has 0 radical (unpaired) electrons. The number of rotatable bonds is 4. The van der Waals surface area contributed by atoms with Gasteiger partial charge in [-0.1, -0.05) is 17.7 Å². The zero-order valence-electron chi connectivity index (χ0n) is 12.7. The molecule has 0 saturated heterocycles. The molecule has 1 saturated carbocycles. The third-order valence-corrected chi connectivity index (χ3v) is 3.69. The summed E-state index contributed by atoms with van der Waals surface area (Å²) in [5, 5.41) is 12.9. The Morgan fingerprint density at radius 2 is 2.10 bits per heavy atom. The van der Waals surface area contributed by atoms with Gasteiger partial charge in [-0.15, -0.1) is 0 Å². The van der Waals surface area contributed by atoms with E-state index in [0.717, 1.165) is 31.2 Å². The van der Waals surface area contributed by atoms with E-state index in [-0.39, 0.29) is 0 Å². The molecule has 4 nitrogen and oxygen atoms in total. The lowest BCUT2D eigenvalue weighted by Crippen LogP contribution is -2.27. The number of nitrogens with one attached hydrogen (secondary N) is 1. The number of anilines is 1. The van der Waals surface area contributed by atoms with Crippen molar-refractivity contribution in [3.8, 4) is 0 Å². The van der Waals surface area contributed by atoms with Gasteiger partial charge in [-0.05, 0) is 64.2 Å². The van der Waals surface area contributed by atoms with Crippen molar-refractivity contribution in [1.82, 2.24) is 0 Å². The third-order valence-electron chi connectivity index (χ3n) is 3.38. The maximum Gasteiger partial charge on any atom is 0.412 e. The highest BCUT2D eigenvalue weighted by Gasteiger charge is 2.39. The minimum atomic E-state index is -0.545. The fraction of sp³-hybridized carbons (Fsp3) is 0.562. The Labute approximate surface area is 130 Å². The Bertz CT molecular complexity index is 533. The monoisotopic (exact) mass is 311 g/mol. The summed E-state index contributed by atoms with van der Waals surface area (Å²) in [6.07, 6.45) is 2.79. The highest BCUT2D eigenvalue weighted by atomic mass is 35.5. The second-order valence-corrected chi connectivity index (χ2v) is 7.07. The molecule has 0 bridgehead atoms. The van der Waals surface area contributed by atoms with Gasteiger partial charge in [0.15, 0.2) is 0 Å². The lowest BCUT2D eigenvalue weighted by molar-refractivity contribution is 0.0636. The van der Waals surface area contributed by atoms with Crippen LogP contribution in [0.15, 0.2) is 18.2 Å². The number of aryl methyl sites for hydroxylation is 1. The van der Waals surface area contributed by atoms with Crippen molar-refractivity contribution in [2.75, 3.05) is 5.32 Å². The van der Waals surface area contributed by atoms with Gasteiger partial charge in [0.25, 0.3) is 0 Å². The summed E-state index contributed by atoms with van der Waals surface area (Å²) in [5.41, 5.74) is 0.575. The molecule has 0 spiro atoms. The summed E-state index contributed by atoms with van der Waals surface area (Å²) >= 11 is 6.18. The molecule has 0 heterocycles. The molecule has 0 aliphatic heterocycles. The van der Waals surface area contributed by atoms with Crippen LogP contribution in [-0.4, -0.2) is 22.4 Å². The van der Waals surface area contributed by atoms with Crippen LogP contribution in [0.3, 0.4) is 0 Å². The van der Waals surface area contributed by atoms with Gasteiger partial charge in [-0.2, -0.15) is 0 Å². The molecule has 21 heavy (non-hydrogen) atoms. The second-order valence-electron chi connectivity index (χ2n) is 6.67. The third kappa shape index (κ3) is 5.21. The maximum absolute atomic E-state index is 11.7. The number of amides is 1. The van der Waals surface area contributed by atoms with E-state index in [1.807, 2.05) is 12.1 Å². The number of carbonyl (C=O) groups is 1. The molecule has 1 aliphatic rings. The second kappa shape index (κ2) is 5.85. The van der Waals surface area contributed by atoms with Gasteiger partial charge in [0.1, 0.15) is 5.60 Å². The normalized spacial score (nSPS) is 16.4. The predicted molar refractivity (Wildman–Crippen MR) is 83.8 cm³/mol. The molecule has 2 rings (SSSR count). The molecule has 116 valence electrons. The summed E-state index contributed by atoms with van der Waals surface area (Å²) < 4.78 is 5.19. The Kier molecular flexibility index (Phi) is 4.49. The number of halogens is 1. The average molecular weight is 312 g/mol. The molecule has 5 heteroatoms. The summed E-state index contributed by atoms with van der Waals surface area (Å²) in [6.45, 7) is 5.42. The Morgan fingerprint density at radius 3 is 2.62 bits per heavy atom. The molecule has 2 N–H and O–H groups in total. The number of hydrogen-bond donors (Lipinski definition) is 2. The van der Waals surface area contributed by atoms with Gasteiger partial charge in [-0.25, -0.2) is 4.79 Å². The van der Waals surface area contributed by atoms with Crippen molar-refractivity contribution in [1.29, 1.82) is 0 Å². The topological polar surface area (TPSA) is 58.6 Å². The van der Waals surface area contributed by atoms with Gasteiger partial charge < -0.3 is 9.84 Å². The Balaban J connectivity index is 1.93. The fourth-order valence-corrected chi connectivity index (χ4v) is 2.25. The quantitative estimate of drug-likeness (QED) is 0.878. The molecule has 1 aromatic carbocycles. The van der Waals surface area contributed by atoms with Crippen LogP contribution in [0, 0.1) is 0 Å². The highest BCUT2D eigenvalue weighted by Crippen LogP contribution is 2.39. The molecule has 0 atom stereocenters. The first kappa shape index (κ1) is 16.1. The predicted octanol–water partition coefficient (Wildman–Crippen LogP) is 4.14. The van der Waals surface area contributed by atoms with Crippen molar-refractivity contribution in [2.45, 2.75) is 57.7 Å². The van der Waals surface area contributed by atoms with Crippen molar-refractivity contribution in [3.05, 3.63) is 28.8 Å². The van der Waals surface area contributed by atoms with E-state index in [2.05, 4.69) is 5.32 Å². The van der Waals surface area contributed by atoms with E-state index >= 15 is 0 Å². The van der Waals surface area contributed by atoms with E-state index in [4.69, 9.17) is 16.3 Å². The number of benzene rings is 1. The number of aliphatic hydroxyl groups is 1. The SMILES string of the molecule is CC(C)(C)OC(=O)Nc1ccc(CCC2(O)CC2)cc1Cl. The van der Waals surface area contributed by atoms with E-state index in [9.17, 15) is 9.90 Å². The Morgan fingerprint density at radius 1 is 1.43 bits per heavy atom. The molecular weight excluding hydrogens is 290 g/mol. The van der Waals surface area contributed by atoms with Crippen LogP contribution in [0.1, 0.15) is 45.6 Å². The molecule has 1 amide bonds. The number of carbonyl (C=O) groups excluding carboxylic acids is 1. The lowest BCUT2D eigenvalue weighted by atomic mass is 10.1. The smallest absolute Gasteiger partial charge is 0.412 e. The standard InChI is InChI=1S/C16H22ClNO3/c1-15(2,3)21-14(19)18-13-5-4-11(10-12(13)17)6-7-16(20)8-9-16/h4-5,10,20H,6-9H2,1-3H3,(H,18,19). The summed E-state index contributed by atoms with van der Waals surface area (Å²) in [7, 11) is 0. The van der Waals surface area contributed by atoms with Crippen LogP contribution in [0.5, 0.6) is 0 Å². The number of ether oxygens (including phenoxy) is 1. The largest absolute Gasteiger partial charge is 0.444 e. The summed E-state index contributed by atoms with van der Waals surface area (Å²) in [6, 6.07) is 5.49. The summed E-state index contributed by atoms with van der Waals surface area (Å²) in [5.74, 6) is 0. The summed E-state index contributed by atoms with van der Waals surface area (Å²) in [4.78, 5) is 11.7. The minimum absolute atomic E-state index is 0.458. The van der Waals surface area contributed by atoms with Crippen molar-refractivity contribution >= 4 is 23.4 Å². The number of hydrogen-bond acceptors (Lipinski definition) is 3. The minimum Gasteiger partial charge on any atom is -0.444 e. The van der Waals surface area contributed by atoms with Gasteiger partial charge in [0, 0.05) is 0 Å². The highest BCUT2D eigenvalue weighted by molar-refractivity contribution is 6.33. The first-order valence-corrected chi connectivity index (χ1v) is 7.56. The lowest BCUT2D eigenvalue weighted by Gasteiger charge is -2.20. The first-order valence-electron chi connectivity index (χ1n) is 7.18. The first-order chi connectivity index (χ1) is 9.67. The molecule has 1 aliphatic carbocycles. The van der Waals surface area contributed by atoms with Crippen molar-refractivity contribution < 1.29 is 14.6 Å². The average Bonchev–Trinajstić information content (AvgIpc) is 3.06. The van der Waals surface area contributed by atoms with Crippen LogP contribution < -0.4 is 5.32 Å². The molecule has 1 fully saturated rings. The van der Waals surface area contributed by atoms with Crippen LogP contribution in [0.25, 0.3) is 0 Å². The van der Waals surface area contributed by atoms with E-state index < -0.39 is 17.3 Å². The van der Waals surface area contributed by atoms with Crippen molar-refractivity contribution in [2.24, 2.45) is 0 Å². The molecule has 0 aromatic heterocycles. The van der Waals surface area contributed by atoms with Crippen LogP contribution in [0.4, 0.5) is 10.5 Å². The maximum atomic E-state index is 11.7.